The number of likely N-dealkylation sites (N-methyl/N-ethyl adjacent to an activating group) is 1. The van der Waals surface area contributed by atoms with Gasteiger partial charge in [-0.2, -0.15) is 0 Å². The van der Waals surface area contributed by atoms with Crippen molar-refractivity contribution in [3.8, 4) is 0 Å². The van der Waals surface area contributed by atoms with Crippen molar-refractivity contribution in [3.05, 3.63) is 0 Å². The van der Waals surface area contributed by atoms with Gasteiger partial charge in [-0.1, -0.05) is 6.42 Å². The Hall–Kier alpha value is -0.770. The molecule has 3 saturated carbocycles. The van der Waals surface area contributed by atoms with Gasteiger partial charge in [0.2, 0.25) is 0 Å². The van der Waals surface area contributed by atoms with Crippen LogP contribution in [-0.2, 0) is 4.74 Å². The predicted molar refractivity (Wildman–Crippen MR) is 87.7 cm³/mol. The molecule has 5 unspecified atom stereocenters. The van der Waals surface area contributed by atoms with Crippen molar-refractivity contribution in [3.63, 3.8) is 0 Å². The standard InChI is InChI=1S/C18H32N2O2/c1-18(2,3)22-17(21)20(4)9-8-19-16-11-12-10-15(16)14-7-5-6-13(12)14/h12-16,19H,5-11H2,1-4H3. The molecular weight excluding hydrogens is 276 g/mol. The summed E-state index contributed by atoms with van der Waals surface area (Å²) in [5, 5.41) is 3.72. The highest BCUT2D eigenvalue weighted by atomic mass is 16.6. The first kappa shape index (κ1) is 16.1. The van der Waals surface area contributed by atoms with Crippen LogP contribution in [0.2, 0.25) is 0 Å². The Bertz CT molecular complexity index is 418. The molecule has 22 heavy (non-hydrogen) atoms. The van der Waals surface area contributed by atoms with Gasteiger partial charge in [-0.25, -0.2) is 4.79 Å². The van der Waals surface area contributed by atoms with Gasteiger partial charge in [0.15, 0.2) is 0 Å². The minimum absolute atomic E-state index is 0.224. The molecule has 1 N–H and O–H groups in total. The molecule has 3 fully saturated rings. The van der Waals surface area contributed by atoms with Crippen molar-refractivity contribution in [2.45, 2.75) is 64.5 Å². The van der Waals surface area contributed by atoms with Crippen LogP contribution in [0.15, 0.2) is 0 Å². The van der Waals surface area contributed by atoms with E-state index >= 15 is 0 Å². The van der Waals surface area contributed by atoms with E-state index in [9.17, 15) is 4.79 Å². The maximum Gasteiger partial charge on any atom is 0.410 e. The van der Waals surface area contributed by atoms with E-state index in [0.717, 1.165) is 36.8 Å². The second-order valence-corrected chi connectivity index (χ2v) is 8.62. The second-order valence-electron chi connectivity index (χ2n) is 8.62. The fourth-order valence-electron chi connectivity index (χ4n) is 5.15. The molecular formula is C18H32N2O2. The van der Waals surface area contributed by atoms with Crippen molar-refractivity contribution in [2.24, 2.45) is 23.7 Å². The zero-order chi connectivity index (χ0) is 15.9. The van der Waals surface area contributed by atoms with Crippen molar-refractivity contribution < 1.29 is 9.53 Å². The number of hydrogen-bond donors (Lipinski definition) is 1. The third-order valence-electron chi connectivity index (χ3n) is 5.99. The molecule has 1 amide bonds. The SMILES string of the molecule is CN(CCNC1CC2CC1C1CCCC21)C(=O)OC(C)(C)C. The summed E-state index contributed by atoms with van der Waals surface area (Å²) in [7, 11) is 1.82. The normalized spacial score (nSPS) is 36.5. The third kappa shape index (κ3) is 3.27. The molecule has 3 rings (SSSR count). The number of hydrogen-bond acceptors (Lipinski definition) is 3. The summed E-state index contributed by atoms with van der Waals surface area (Å²) in [4.78, 5) is 13.6. The maximum atomic E-state index is 11.9. The van der Waals surface area contributed by atoms with Crippen LogP contribution in [0.25, 0.3) is 0 Å². The van der Waals surface area contributed by atoms with Crippen molar-refractivity contribution in [1.29, 1.82) is 0 Å². The molecule has 0 spiro atoms. The number of amides is 1. The first-order valence-corrected chi connectivity index (χ1v) is 9.02. The van der Waals surface area contributed by atoms with E-state index in [2.05, 4.69) is 5.32 Å². The molecule has 0 aliphatic heterocycles. The molecule has 0 radical (unpaired) electrons. The van der Waals surface area contributed by atoms with E-state index in [1.165, 1.54) is 32.1 Å². The van der Waals surface area contributed by atoms with Gasteiger partial charge in [-0.3, -0.25) is 0 Å². The zero-order valence-corrected chi connectivity index (χ0v) is 14.6. The Morgan fingerprint density at radius 2 is 1.91 bits per heavy atom. The minimum Gasteiger partial charge on any atom is -0.444 e. The largest absolute Gasteiger partial charge is 0.444 e. The minimum atomic E-state index is -0.416. The van der Waals surface area contributed by atoms with Crippen LogP contribution in [0.5, 0.6) is 0 Å². The fourth-order valence-corrected chi connectivity index (χ4v) is 5.15. The van der Waals surface area contributed by atoms with E-state index in [1.54, 1.807) is 4.90 Å². The van der Waals surface area contributed by atoms with Crippen LogP contribution in [0.3, 0.4) is 0 Å². The first-order chi connectivity index (χ1) is 10.3. The number of carbonyl (C=O) groups excluding carboxylic acids is 1. The lowest BCUT2D eigenvalue weighted by molar-refractivity contribution is 0.0297. The number of nitrogens with zero attached hydrogens (tertiary/aromatic N) is 1. The summed E-state index contributed by atoms with van der Waals surface area (Å²) in [6.07, 6.45) is 6.99. The van der Waals surface area contributed by atoms with Crippen LogP contribution in [0, 0.1) is 23.7 Å². The first-order valence-electron chi connectivity index (χ1n) is 9.02. The Kier molecular flexibility index (Phi) is 4.41. The quantitative estimate of drug-likeness (QED) is 0.866. The summed E-state index contributed by atoms with van der Waals surface area (Å²) in [6, 6.07) is 0.691. The second kappa shape index (κ2) is 6.03. The summed E-state index contributed by atoms with van der Waals surface area (Å²) in [5.41, 5.74) is -0.416. The van der Waals surface area contributed by atoms with Gasteiger partial charge in [-0.05, 0) is 70.1 Å². The van der Waals surface area contributed by atoms with E-state index in [-0.39, 0.29) is 6.09 Å². The lowest BCUT2D eigenvalue weighted by Gasteiger charge is -2.32. The predicted octanol–water partition coefficient (Wildman–Crippen LogP) is 3.27. The molecule has 4 heteroatoms. The van der Waals surface area contributed by atoms with Crippen molar-refractivity contribution >= 4 is 6.09 Å². The van der Waals surface area contributed by atoms with Crippen LogP contribution >= 0.6 is 0 Å². The maximum absolute atomic E-state index is 11.9. The van der Waals surface area contributed by atoms with E-state index < -0.39 is 5.60 Å². The van der Waals surface area contributed by atoms with Gasteiger partial charge in [-0.15, -0.1) is 0 Å². The zero-order valence-electron chi connectivity index (χ0n) is 14.6. The van der Waals surface area contributed by atoms with Crippen LogP contribution in [-0.4, -0.2) is 42.8 Å². The Balaban J connectivity index is 1.40. The summed E-state index contributed by atoms with van der Waals surface area (Å²) < 4.78 is 5.39. The molecule has 0 aromatic rings. The topological polar surface area (TPSA) is 41.6 Å². The number of nitrogens with one attached hydrogen (secondary N) is 1. The Labute approximate surface area is 135 Å². The van der Waals surface area contributed by atoms with E-state index in [1.807, 2.05) is 27.8 Å². The molecule has 4 nitrogen and oxygen atoms in total. The summed E-state index contributed by atoms with van der Waals surface area (Å²) in [6.45, 7) is 7.32. The Morgan fingerprint density at radius 3 is 2.64 bits per heavy atom. The number of carbonyl (C=O) groups is 1. The van der Waals surface area contributed by atoms with Crippen molar-refractivity contribution in [1.82, 2.24) is 10.2 Å². The highest BCUT2D eigenvalue weighted by molar-refractivity contribution is 5.67. The van der Waals surface area contributed by atoms with Gasteiger partial charge in [0, 0.05) is 26.2 Å². The smallest absolute Gasteiger partial charge is 0.410 e. The number of fused-ring (bicyclic) bond motifs is 5. The molecule has 3 aliphatic carbocycles. The highest BCUT2D eigenvalue weighted by Gasteiger charge is 2.53. The molecule has 3 aliphatic rings. The van der Waals surface area contributed by atoms with Crippen LogP contribution in [0.4, 0.5) is 4.79 Å². The lowest BCUT2D eigenvalue weighted by Crippen LogP contribution is -2.44. The van der Waals surface area contributed by atoms with E-state index in [0.29, 0.717) is 6.04 Å². The monoisotopic (exact) mass is 308 g/mol. The molecule has 126 valence electrons. The molecule has 2 bridgehead atoms. The number of rotatable bonds is 4. The third-order valence-corrected chi connectivity index (χ3v) is 5.99. The van der Waals surface area contributed by atoms with Crippen LogP contribution in [0.1, 0.15) is 52.9 Å². The van der Waals surface area contributed by atoms with Gasteiger partial charge in [0.1, 0.15) is 5.60 Å². The molecule has 0 aromatic carbocycles. The number of ether oxygens (including phenoxy) is 1. The Morgan fingerprint density at radius 1 is 1.18 bits per heavy atom. The summed E-state index contributed by atoms with van der Waals surface area (Å²) >= 11 is 0. The van der Waals surface area contributed by atoms with E-state index in [4.69, 9.17) is 4.74 Å². The van der Waals surface area contributed by atoms with Gasteiger partial charge in [0.25, 0.3) is 0 Å². The molecule has 0 heterocycles. The highest BCUT2D eigenvalue weighted by Crippen LogP contribution is 2.58. The molecule has 0 aromatic heterocycles. The molecule has 0 saturated heterocycles. The molecule has 5 atom stereocenters. The fraction of sp³-hybridized carbons (Fsp3) is 0.944. The van der Waals surface area contributed by atoms with Crippen LogP contribution < -0.4 is 5.32 Å². The van der Waals surface area contributed by atoms with Gasteiger partial charge < -0.3 is 15.0 Å². The average Bonchev–Trinajstić information content (AvgIpc) is 3.08. The van der Waals surface area contributed by atoms with Gasteiger partial charge in [0.05, 0.1) is 0 Å². The van der Waals surface area contributed by atoms with Crippen molar-refractivity contribution in [2.75, 3.05) is 20.1 Å². The lowest BCUT2D eigenvalue weighted by atomic mass is 9.79. The average molecular weight is 308 g/mol. The van der Waals surface area contributed by atoms with Gasteiger partial charge >= 0.3 is 6.09 Å². The summed E-state index contributed by atoms with van der Waals surface area (Å²) in [5.74, 6) is 3.94.